The standard InChI is InChI=1S/C17H18N2O5/c1-23-13-8-11(9-14(24-2)16(13)21)10-18-19-17(22)15(20)12-6-4-3-5-7-12/h3-10,15,20-21H,1-2H3,(H,19,22). The molecule has 1 unspecified atom stereocenters. The maximum Gasteiger partial charge on any atom is 0.273 e. The fourth-order valence-electron chi connectivity index (χ4n) is 2.01. The summed E-state index contributed by atoms with van der Waals surface area (Å²) >= 11 is 0. The molecule has 0 aliphatic heterocycles. The van der Waals surface area contributed by atoms with Crippen LogP contribution < -0.4 is 14.9 Å². The Balaban J connectivity index is 2.07. The van der Waals surface area contributed by atoms with Gasteiger partial charge in [0.2, 0.25) is 5.75 Å². The van der Waals surface area contributed by atoms with E-state index in [1.54, 1.807) is 30.3 Å². The molecule has 3 N–H and O–H groups in total. The van der Waals surface area contributed by atoms with Crippen LogP contribution in [0.25, 0.3) is 0 Å². The Hall–Kier alpha value is -3.06. The van der Waals surface area contributed by atoms with Crippen molar-refractivity contribution >= 4 is 12.1 Å². The number of hydrogen-bond acceptors (Lipinski definition) is 6. The molecular weight excluding hydrogens is 312 g/mol. The van der Waals surface area contributed by atoms with Crippen molar-refractivity contribution in [3.8, 4) is 17.2 Å². The van der Waals surface area contributed by atoms with Crippen molar-refractivity contribution in [1.82, 2.24) is 5.43 Å². The van der Waals surface area contributed by atoms with Crippen LogP contribution in [-0.4, -0.2) is 36.6 Å². The minimum atomic E-state index is -1.31. The summed E-state index contributed by atoms with van der Waals surface area (Å²) in [6.45, 7) is 0. The van der Waals surface area contributed by atoms with Crippen molar-refractivity contribution in [2.75, 3.05) is 14.2 Å². The van der Waals surface area contributed by atoms with Gasteiger partial charge in [-0.05, 0) is 17.7 Å². The predicted molar refractivity (Wildman–Crippen MR) is 88.3 cm³/mol. The number of aromatic hydroxyl groups is 1. The van der Waals surface area contributed by atoms with Gasteiger partial charge in [-0.3, -0.25) is 4.79 Å². The third kappa shape index (κ3) is 4.02. The SMILES string of the molecule is COc1cc(C=NNC(=O)C(O)c2ccccc2)cc(OC)c1O. The highest BCUT2D eigenvalue weighted by Gasteiger charge is 2.16. The summed E-state index contributed by atoms with van der Waals surface area (Å²) in [5.41, 5.74) is 3.26. The highest BCUT2D eigenvalue weighted by Crippen LogP contribution is 2.36. The van der Waals surface area contributed by atoms with Crippen LogP contribution in [0.1, 0.15) is 17.2 Å². The normalized spacial score (nSPS) is 12.0. The summed E-state index contributed by atoms with van der Waals surface area (Å²) in [4.78, 5) is 11.9. The molecule has 2 aromatic rings. The lowest BCUT2D eigenvalue weighted by Gasteiger charge is -2.10. The fourth-order valence-corrected chi connectivity index (χ4v) is 2.01. The first-order chi connectivity index (χ1) is 11.6. The Kier molecular flexibility index (Phi) is 5.75. The predicted octanol–water partition coefficient (Wildman–Crippen LogP) is 1.59. The second kappa shape index (κ2) is 7.98. The number of carbonyl (C=O) groups is 1. The molecule has 0 spiro atoms. The number of ether oxygens (including phenoxy) is 2. The summed E-state index contributed by atoms with van der Waals surface area (Å²) in [5.74, 6) is -0.353. The molecule has 0 saturated heterocycles. The first-order valence-corrected chi connectivity index (χ1v) is 7.07. The smallest absolute Gasteiger partial charge is 0.273 e. The van der Waals surface area contributed by atoms with Crippen LogP contribution in [0.15, 0.2) is 47.6 Å². The van der Waals surface area contributed by atoms with Gasteiger partial charge in [-0.2, -0.15) is 5.10 Å². The molecule has 0 bridgehead atoms. The Morgan fingerprint density at radius 2 is 1.75 bits per heavy atom. The summed E-state index contributed by atoms with van der Waals surface area (Å²) in [7, 11) is 2.82. The molecule has 0 heterocycles. The zero-order valence-corrected chi connectivity index (χ0v) is 13.3. The van der Waals surface area contributed by atoms with Crippen LogP contribution in [0.5, 0.6) is 17.2 Å². The van der Waals surface area contributed by atoms with Crippen LogP contribution in [0.2, 0.25) is 0 Å². The average molecular weight is 330 g/mol. The summed E-state index contributed by atoms with van der Waals surface area (Å²) < 4.78 is 10.1. The number of amides is 1. The number of aliphatic hydroxyl groups excluding tert-OH is 1. The lowest BCUT2D eigenvalue weighted by atomic mass is 10.1. The van der Waals surface area contributed by atoms with Crippen molar-refractivity contribution < 1.29 is 24.5 Å². The number of rotatable bonds is 6. The van der Waals surface area contributed by atoms with E-state index in [1.807, 2.05) is 0 Å². The van der Waals surface area contributed by atoms with Crippen LogP contribution in [-0.2, 0) is 4.79 Å². The van der Waals surface area contributed by atoms with E-state index in [-0.39, 0.29) is 17.2 Å². The van der Waals surface area contributed by atoms with E-state index >= 15 is 0 Å². The molecule has 2 aromatic carbocycles. The van der Waals surface area contributed by atoms with Gasteiger partial charge in [0, 0.05) is 5.56 Å². The fraction of sp³-hybridized carbons (Fsp3) is 0.176. The van der Waals surface area contributed by atoms with Gasteiger partial charge in [0.25, 0.3) is 5.91 Å². The molecular formula is C17H18N2O5. The minimum absolute atomic E-state index is 0.124. The first-order valence-electron chi connectivity index (χ1n) is 7.07. The van der Waals surface area contributed by atoms with Crippen molar-refractivity contribution in [2.45, 2.75) is 6.10 Å². The zero-order chi connectivity index (χ0) is 17.5. The van der Waals surface area contributed by atoms with Crippen molar-refractivity contribution in [3.05, 3.63) is 53.6 Å². The van der Waals surface area contributed by atoms with Crippen molar-refractivity contribution in [2.24, 2.45) is 5.10 Å². The van der Waals surface area contributed by atoms with Gasteiger partial charge in [0.1, 0.15) is 0 Å². The van der Waals surface area contributed by atoms with E-state index in [9.17, 15) is 15.0 Å². The average Bonchev–Trinajstić information content (AvgIpc) is 2.62. The first kappa shape index (κ1) is 17.3. The zero-order valence-electron chi connectivity index (χ0n) is 13.3. The number of hydrazone groups is 1. The Bertz CT molecular complexity index is 706. The Morgan fingerprint density at radius 3 is 2.29 bits per heavy atom. The molecule has 2 rings (SSSR count). The van der Waals surface area contributed by atoms with Crippen LogP contribution in [0.3, 0.4) is 0 Å². The third-order valence-electron chi connectivity index (χ3n) is 3.25. The van der Waals surface area contributed by atoms with Gasteiger partial charge < -0.3 is 19.7 Å². The van der Waals surface area contributed by atoms with Gasteiger partial charge in [-0.1, -0.05) is 30.3 Å². The second-order valence-electron chi connectivity index (χ2n) is 4.82. The van der Waals surface area contributed by atoms with Gasteiger partial charge >= 0.3 is 0 Å². The van der Waals surface area contributed by atoms with E-state index in [0.29, 0.717) is 11.1 Å². The molecule has 24 heavy (non-hydrogen) atoms. The molecule has 1 amide bonds. The number of benzene rings is 2. The van der Waals surface area contributed by atoms with E-state index in [2.05, 4.69) is 10.5 Å². The van der Waals surface area contributed by atoms with Crippen LogP contribution in [0, 0.1) is 0 Å². The number of phenols is 1. The van der Waals surface area contributed by atoms with Gasteiger partial charge in [0.15, 0.2) is 17.6 Å². The molecule has 0 radical (unpaired) electrons. The number of hydrogen-bond donors (Lipinski definition) is 3. The summed E-state index contributed by atoms with van der Waals surface area (Å²) in [5, 5.41) is 23.5. The molecule has 1 atom stereocenters. The molecule has 0 aromatic heterocycles. The van der Waals surface area contributed by atoms with Gasteiger partial charge in [-0.15, -0.1) is 0 Å². The molecule has 7 heteroatoms. The monoisotopic (exact) mass is 330 g/mol. The number of phenolic OH excluding ortho intramolecular Hbond substituents is 1. The number of nitrogens with one attached hydrogen (secondary N) is 1. The van der Waals surface area contributed by atoms with E-state index in [0.717, 1.165) is 0 Å². The van der Waals surface area contributed by atoms with Gasteiger partial charge in [-0.25, -0.2) is 5.43 Å². The molecule has 0 aliphatic carbocycles. The van der Waals surface area contributed by atoms with Crippen LogP contribution in [0.4, 0.5) is 0 Å². The molecule has 7 nitrogen and oxygen atoms in total. The third-order valence-corrected chi connectivity index (χ3v) is 3.25. The maximum absolute atomic E-state index is 11.9. The topological polar surface area (TPSA) is 100 Å². The highest BCUT2D eigenvalue weighted by molar-refractivity contribution is 5.86. The highest BCUT2D eigenvalue weighted by atomic mass is 16.5. The number of methoxy groups -OCH3 is 2. The molecule has 0 saturated carbocycles. The van der Waals surface area contributed by atoms with E-state index < -0.39 is 12.0 Å². The quantitative estimate of drug-likeness (QED) is 0.552. The number of carbonyl (C=O) groups excluding carboxylic acids is 1. The van der Waals surface area contributed by atoms with Crippen LogP contribution >= 0.6 is 0 Å². The largest absolute Gasteiger partial charge is 0.502 e. The molecule has 126 valence electrons. The van der Waals surface area contributed by atoms with E-state index in [1.165, 1.54) is 32.6 Å². The maximum atomic E-state index is 11.9. The summed E-state index contributed by atoms with van der Waals surface area (Å²) in [6.07, 6.45) is 0.0346. The second-order valence-corrected chi connectivity index (χ2v) is 4.82. The molecule has 0 aliphatic rings. The Labute approximate surface area is 139 Å². The number of aliphatic hydroxyl groups is 1. The van der Waals surface area contributed by atoms with Crippen molar-refractivity contribution in [1.29, 1.82) is 0 Å². The van der Waals surface area contributed by atoms with E-state index in [4.69, 9.17) is 9.47 Å². The summed E-state index contributed by atoms with van der Waals surface area (Å²) in [6, 6.07) is 11.6. The minimum Gasteiger partial charge on any atom is -0.502 e. The number of nitrogens with zero attached hydrogens (tertiary/aromatic N) is 1. The Morgan fingerprint density at radius 1 is 1.17 bits per heavy atom. The lowest BCUT2D eigenvalue weighted by molar-refractivity contribution is -0.129. The van der Waals surface area contributed by atoms with Gasteiger partial charge in [0.05, 0.1) is 20.4 Å². The van der Waals surface area contributed by atoms with Crippen molar-refractivity contribution in [3.63, 3.8) is 0 Å². The molecule has 0 fully saturated rings. The lowest BCUT2D eigenvalue weighted by Crippen LogP contribution is -2.25.